The Morgan fingerprint density at radius 2 is 1.83 bits per heavy atom. The third-order valence-electron chi connectivity index (χ3n) is 5.37. The summed E-state index contributed by atoms with van der Waals surface area (Å²) in [6.07, 6.45) is 12.3. The summed E-state index contributed by atoms with van der Waals surface area (Å²) in [5.41, 5.74) is 2.16. The maximum atomic E-state index is 6.07. The summed E-state index contributed by atoms with van der Waals surface area (Å²) in [6.45, 7) is 9.52. The molecule has 0 saturated heterocycles. The van der Waals surface area contributed by atoms with Crippen LogP contribution in [-0.4, -0.2) is 36.9 Å². The number of rotatable bonds is 11. The number of guanidine groups is 1. The van der Waals surface area contributed by atoms with Gasteiger partial charge in [0.05, 0.1) is 18.3 Å². The summed E-state index contributed by atoms with van der Waals surface area (Å²) >= 11 is 0. The van der Waals surface area contributed by atoms with Crippen molar-refractivity contribution in [1.29, 1.82) is 0 Å². The van der Waals surface area contributed by atoms with Gasteiger partial charge in [-0.3, -0.25) is 0 Å². The van der Waals surface area contributed by atoms with Crippen molar-refractivity contribution in [3.63, 3.8) is 0 Å². The van der Waals surface area contributed by atoms with E-state index in [1.807, 2.05) is 0 Å². The first-order valence-corrected chi connectivity index (χ1v) is 11.4. The summed E-state index contributed by atoms with van der Waals surface area (Å²) in [7, 11) is 0. The minimum atomic E-state index is 0. The minimum Gasteiger partial charge on any atom is -0.378 e. The van der Waals surface area contributed by atoms with Crippen LogP contribution < -0.4 is 10.6 Å². The molecule has 2 N–H and O–H groups in total. The van der Waals surface area contributed by atoms with Crippen molar-refractivity contribution in [3.8, 4) is 0 Å². The third-order valence-corrected chi connectivity index (χ3v) is 5.37. The van der Waals surface area contributed by atoms with E-state index in [4.69, 9.17) is 14.3 Å². The van der Waals surface area contributed by atoms with E-state index >= 15 is 0 Å². The van der Waals surface area contributed by atoms with E-state index in [1.165, 1.54) is 38.5 Å². The highest BCUT2D eigenvalue weighted by molar-refractivity contribution is 14.0. The Morgan fingerprint density at radius 1 is 1.07 bits per heavy atom. The van der Waals surface area contributed by atoms with Crippen LogP contribution in [-0.2, 0) is 24.1 Å². The SMILES string of the molecule is CCNC(=NCc1c(CC)noc1CC)NCCCCOC1CCCCCC1.I. The molecule has 0 aromatic carbocycles. The Morgan fingerprint density at radius 3 is 2.48 bits per heavy atom. The van der Waals surface area contributed by atoms with Crippen molar-refractivity contribution >= 4 is 29.9 Å². The minimum absolute atomic E-state index is 0. The standard InChI is InChI=1S/C22H40N4O2.HI/c1-4-20-19(21(5-2)28-26-20)17-25-22(23-6-3)24-15-11-12-16-27-18-13-9-7-8-10-14-18;/h18H,4-17H2,1-3H3,(H2,23,24,25);1H. The molecule has 0 atom stereocenters. The first-order valence-electron chi connectivity index (χ1n) is 11.4. The normalized spacial score (nSPS) is 15.6. The Kier molecular flexibility index (Phi) is 14.4. The molecule has 0 amide bonds. The number of hydrogen-bond acceptors (Lipinski definition) is 4. The molecule has 0 radical (unpaired) electrons. The monoisotopic (exact) mass is 520 g/mol. The largest absolute Gasteiger partial charge is 0.378 e. The maximum absolute atomic E-state index is 6.07. The Bertz CT molecular complexity index is 548. The number of unbranched alkanes of at least 4 members (excludes halogenated alkanes) is 1. The van der Waals surface area contributed by atoms with Gasteiger partial charge < -0.3 is 19.9 Å². The number of halogens is 1. The van der Waals surface area contributed by atoms with E-state index in [9.17, 15) is 0 Å². The quantitative estimate of drug-likeness (QED) is 0.141. The summed E-state index contributed by atoms with van der Waals surface area (Å²) in [5.74, 6) is 1.81. The van der Waals surface area contributed by atoms with Gasteiger partial charge in [-0.05, 0) is 39.0 Å². The van der Waals surface area contributed by atoms with Crippen LogP contribution in [0.3, 0.4) is 0 Å². The highest BCUT2D eigenvalue weighted by Crippen LogP contribution is 2.20. The summed E-state index contributed by atoms with van der Waals surface area (Å²) in [4.78, 5) is 4.74. The van der Waals surface area contributed by atoms with E-state index in [-0.39, 0.29) is 24.0 Å². The zero-order chi connectivity index (χ0) is 20.0. The molecule has 1 aromatic rings. The molecule has 0 unspecified atom stereocenters. The molecule has 1 aliphatic carbocycles. The fourth-order valence-electron chi connectivity index (χ4n) is 3.71. The second kappa shape index (κ2) is 15.9. The van der Waals surface area contributed by atoms with E-state index < -0.39 is 0 Å². The molecule has 1 aliphatic rings. The van der Waals surface area contributed by atoms with Gasteiger partial charge in [0.1, 0.15) is 5.76 Å². The average molecular weight is 521 g/mol. The molecule has 0 bridgehead atoms. The van der Waals surface area contributed by atoms with E-state index in [0.717, 1.165) is 68.4 Å². The maximum Gasteiger partial charge on any atom is 0.191 e. The molecule has 1 aromatic heterocycles. The highest BCUT2D eigenvalue weighted by Gasteiger charge is 2.13. The average Bonchev–Trinajstić information content (AvgIpc) is 2.93. The molecule has 0 aliphatic heterocycles. The lowest BCUT2D eigenvalue weighted by atomic mass is 10.1. The van der Waals surface area contributed by atoms with Gasteiger partial charge in [-0.2, -0.15) is 0 Å². The van der Waals surface area contributed by atoms with Gasteiger partial charge in [0.15, 0.2) is 5.96 Å². The van der Waals surface area contributed by atoms with Gasteiger partial charge >= 0.3 is 0 Å². The van der Waals surface area contributed by atoms with Crippen LogP contribution in [0.15, 0.2) is 9.52 Å². The first-order chi connectivity index (χ1) is 13.8. The smallest absolute Gasteiger partial charge is 0.191 e. The van der Waals surface area contributed by atoms with Crippen LogP contribution in [0.5, 0.6) is 0 Å². The zero-order valence-electron chi connectivity index (χ0n) is 18.6. The third kappa shape index (κ3) is 9.68. The molecule has 1 saturated carbocycles. The van der Waals surface area contributed by atoms with Crippen LogP contribution in [0.4, 0.5) is 0 Å². The lowest BCUT2D eigenvalue weighted by Gasteiger charge is -2.15. The van der Waals surface area contributed by atoms with Crippen LogP contribution in [0.25, 0.3) is 0 Å². The topological polar surface area (TPSA) is 71.7 Å². The number of aromatic nitrogens is 1. The predicted molar refractivity (Wildman–Crippen MR) is 130 cm³/mol. The number of ether oxygens (including phenoxy) is 1. The van der Waals surface area contributed by atoms with Crippen molar-refractivity contribution in [1.82, 2.24) is 15.8 Å². The number of nitrogens with zero attached hydrogens (tertiary/aromatic N) is 2. The van der Waals surface area contributed by atoms with E-state index in [1.54, 1.807) is 0 Å². The van der Waals surface area contributed by atoms with Gasteiger partial charge in [-0.15, -0.1) is 24.0 Å². The van der Waals surface area contributed by atoms with Gasteiger partial charge in [0.2, 0.25) is 0 Å². The second-order valence-corrected chi connectivity index (χ2v) is 7.55. The Balaban J connectivity index is 0.00000420. The zero-order valence-corrected chi connectivity index (χ0v) is 20.9. The molecule has 168 valence electrons. The Labute approximate surface area is 194 Å². The van der Waals surface area contributed by atoms with Crippen molar-refractivity contribution in [2.24, 2.45) is 4.99 Å². The number of aliphatic imine (C=N–C) groups is 1. The summed E-state index contributed by atoms with van der Waals surface area (Å²) in [6, 6.07) is 0. The Hall–Kier alpha value is -0.830. The molecule has 7 heteroatoms. The molecule has 29 heavy (non-hydrogen) atoms. The lowest BCUT2D eigenvalue weighted by Crippen LogP contribution is -2.37. The van der Waals surface area contributed by atoms with Gasteiger partial charge in [0.25, 0.3) is 0 Å². The van der Waals surface area contributed by atoms with Crippen LogP contribution in [0.1, 0.15) is 89.2 Å². The molecular weight excluding hydrogens is 479 g/mol. The molecule has 0 spiro atoms. The first kappa shape index (κ1) is 26.2. The van der Waals surface area contributed by atoms with Crippen molar-refractivity contribution < 1.29 is 9.26 Å². The second-order valence-electron chi connectivity index (χ2n) is 7.55. The molecule has 1 heterocycles. The van der Waals surface area contributed by atoms with Gasteiger partial charge in [0, 0.05) is 31.7 Å². The number of nitrogens with one attached hydrogen (secondary N) is 2. The molecule has 1 fully saturated rings. The van der Waals surface area contributed by atoms with Crippen LogP contribution in [0, 0.1) is 0 Å². The van der Waals surface area contributed by atoms with Crippen LogP contribution in [0.2, 0.25) is 0 Å². The van der Waals surface area contributed by atoms with Gasteiger partial charge in [-0.25, -0.2) is 4.99 Å². The van der Waals surface area contributed by atoms with Crippen molar-refractivity contribution in [2.45, 2.75) is 97.6 Å². The summed E-state index contributed by atoms with van der Waals surface area (Å²) in [5, 5.41) is 10.9. The van der Waals surface area contributed by atoms with E-state index in [0.29, 0.717) is 12.6 Å². The predicted octanol–water partition coefficient (Wildman–Crippen LogP) is 4.99. The molecule has 6 nitrogen and oxygen atoms in total. The lowest BCUT2D eigenvalue weighted by molar-refractivity contribution is 0.0411. The van der Waals surface area contributed by atoms with Crippen molar-refractivity contribution in [3.05, 3.63) is 17.0 Å². The molecule has 2 rings (SSSR count). The number of hydrogen-bond donors (Lipinski definition) is 2. The fourth-order valence-corrected chi connectivity index (χ4v) is 3.71. The summed E-state index contributed by atoms with van der Waals surface area (Å²) < 4.78 is 11.5. The highest BCUT2D eigenvalue weighted by atomic mass is 127. The van der Waals surface area contributed by atoms with Crippen LogP contribution >= 0.6 is 24.0 Å². The van der Waals surface area contributed by atoms with E-state index in [2.05, 4.69) is 36.6 Å². The molecular formula is C22H41IN4O2. The van der Waals surface area contributed by atoms with Gasteiger partial charge in [-0.1, -0.05) is 44.7 Å². The number of aryl methyl sites for hydroxylation is 2. The van der Waals surface area contributed by atoms with Crippen molar-refractivity contribution in [2.75, 3.05) is 19.7 Å². The fraction of sp³-hybridized carbons (Fsp3) is 0.818.